The molecule has 0 saturated carbocycles. The fourth-order valence-corrected chi connectivity index (χ4v) is 4.42. The summed E-state index contributed by atoms with van der Waals surface area (Å²) < 4.78 is 28.2. The smallest absolute Gasteiger partial charge is 0.207 e. The first kappa shape index (κ1) is 25.7. The molecule has 0 heterocycles. The first-order chi connectivity index (χ1) is 14.8. The van der Waals surface area contributed by atoms with E-state index in [1.165, 1.54) is 9.87 Å². The van der Waals surface area contributed by atoms with Crippen LogP contribution >= 0.6 is 0 Å². The molecule has 32 heavy (non-hydrogen) atoms. The van der Waals surface area contributed by atoms with Gasteiger partial charge in [-0.25, -0.2) is 8.42 Å². The Morgan fingerprint density at radius 2 is 1.56 bits per heavy atom. The van der Waals surface area contributed by atoms with Crippen LogP contribution in [0.1, 0.15) is 52.7 Å². The van der Waals surface area contributed by atoms with Crippen molar-refractivity contribution in [2.75, 3.05) is 13.1 Å². The van der Waals surface area contributed by atoms with Crippen LogP contribution in [0.3, 0.4) is 0 Å². The van der Waals surface area contributed by atoms with E-state index in [9.17, 15) is 8.42 Å². The van der Waals surface area contributed by atoms with Crippen LogP contribution < -0.4 is 0 Å². The van der Waals surface area contributed by atoms with Gasteiger partial charge in [-0.1, -0.05) is 73.7 Å². The molecule has 4 heteroatoms. The minimum atomic E-state index is -3.68. The molecule has 0 amide bonds. The summed E-state index contributed by atoms with van der Waals surface area (Å²) in [5.74, 6) is 6.20. The first-order valence-electron chi connectivity index (χ1n) is 10.9. The van der Waals surface area contributed by atoms with Gasteiger partial charge in [-0.3, -0.25) is 0 Å². The van der Waals surface area contributed by atoms with Gasteiger partial charge in [0.15, 0.2) is 0 Å². The summed E-state index contributed by atoms with van der Waals surface area (Å²) >= 11 is 0. The van der Waals surface area contributed by atoms with Gasteiger partial charge in [-0.05, 0) is 64.0 Å². The average Bonchev–Trinajstić information content (AvgIpc) is 2.72. The van der Waals surface area contributed by atoms with Crippen molar-refractivity contribution in [2.45, 2.75) is 58.8 Å². The summed E-state index contributed by atoms with van der Waals surface area (Å²) in [6.07, 6.45) is 2.01. The molecule has 2 aromatic carbocycles. The highest BCUT2D eigenvalue weighted by molar-refractivity contribution is 7.89. The Labute approximate surface area is 194 Å². The van der Waals surface area contributed by atoms with Gasteiger partial charge in [0.2, 0.25) is 10.0 Å². The second-order valence-corrected chi connectivity index (χ2v) is 11.7. The van der Waals surface area contributed by atoms with E-state index in [-0.39, 0.29) is 28.8 Å². The highest BCUT2D eigenvalue weighted by Gasteiger charge is 2.24. The zero-order chi connectivity index (χ0) is 24.0. The molecule has 2 rings (SSSR count). The summed E-state index contributed by atoms with van der Waals surface area (Å²) in [5.41, 5.74) is 5.96. The molecule has 0 aromatic heterocycles. The van der Waals surface area contributed by atoms with Gasteiger partial charge >= 0.3 is 0 Å². The molecule has 0 saturated heterocycles. The predicted octanol–water partition coefficient (Wildman–Crippen LogP) is 6.11. The third-order valence-corrected chi connectivity index (χ3v) is 6.79. The summed E-state index contributed by atoms with van der Waals surface area (Å²) in [4.78, 5) is 0.280. The molecule has 0 bridgehead atoms. The van der Waals surface area contributed by atoms with Crippen molar-refractivity contribution in [1.82, 2.24) is 4.31 Å². The third kappa shape index (κ3) is 7.53. The summed E-state index contributed by atoms with van der Waals surface area (Å²) in [6.45, 7) is 14.5. The molecule has 0 aliphatic heterocycles. The fourth-order valence-electron chi connectivity index (χ4n) is 3.04. The van der Waals surface area contributed by atoms with E-state index in [1.807, 2.05) is 71.0 Å². The highest BCUT2D eigenvalue weighted by Crippen LogP contribution is 2.24. The van der Waals surface area contributed by atoms with Gasteiger partial charge in [0, 0.05) is 17.4 Å². The molecule has 0 aliphatic rings. The Hall–Kier alpha value is -2.57. The van der Waals surface area contributed by atoms with Gasteiger partial charge in [-0.2, -0.15) is 4.31 Å². The third-order valence-electron chi connectivity index (χ3n) is 4.99. The van der Waals surface area contributed by atoms with Crippen molar-refractivity contribution in [1.29, 1.82) is 0 Å². The lowest BCUT2D eigenvalue weighted by atomic mass is 9.84. The fraction of sp³-hybridized carbons (Fsp3) is 0.393. The van der Waals surface area contributed by atoms with Crippen LogP contribution in [0.5, 0.6) is 0 Å². The summed E-state index contributed by atoms with van der Waals surface area (Å²) in [7, 11) is -3.68. The molecular formula is C28H35NO2S. The number of benzene rings is 2. The number of sulfonamides is 1. The van der Waals surface area contributed by atoms with E-state index in [1.54, 1.807) is 12.1 Å². The van der Waals surface area contributed by atoms with Crippen LogP contribution in [0.25, 0.3) is 0 Å². The Balaban J connectivity index is 2.37. The van der Waals surface area contributed by atoms with Crippen molar-refractivity contribution in [2.24, 2.45) is 5.41 Å². The average molecular weight is 450 g/mol. The van der Waals surface area contributed by atoms with Gasteiger partial charge in [0.25, 0.3) is 0 Å². The number of rotatable bonds is 7. The topological polar surface area (TPSA) is 37.4 Å². The standard InChI is InChI=1S/C28H35NO2S/c1-23-14-16-26(17-15-23)32(30,31)29(21-11-19-27(3,4)5)22-24(2)18-20-28(6,7)25-12-9-8-10-13-25/h8-10,12-17,20H,21-22H2,1-7H3. The van der Waals surface area contributed by atoms with Crippen LogP contribution in [0, 0.1) is 24.2 Å². The lowest BCUT2D eigenvalue weighted by molar-refractivity contribution is 0.470. The maximum Gasteiger partial charge on any atom is 0.244 e. The van der Waals surface area contributed by atoms with E-state index in [2.05, 4.69) is 43.6 Å². The highest BCUT2D eigenvalue weighted by atomic mass is 32.2. The van der Waals surface area contributed by atoms with Crippen molar-refractivity contribution in [3.8, 4) is 11.8 Å². The lowest BCUT2D eigenvalue weighted by Gasteiger charge is -2.21. The van der Waals surface area contributed by atoms with Gasteiger partial charge in [0.1, 0.15) is 0 Å². The van der Waals surface area contributed by atoms with E-state index in [0.717, 1.165) is 11.1 Å². The Bertz CT molecular complexity index is 1130. The van der Waals surface area contributed by atoms with Crippen molar-refractivity contribution >= 4 is 10.0 Å². The van der Waals surface area contributed by atoms with Gasteiger partial charge < -0.3 is 0 Å². The zero-order valence-electron chi connectivity index (χ0n) is 20.4. The zero-order valence-corrected chi connectivity index (χ0v) is 21.2. The van der Waals surface area contributed by atoms with Crippen LogP contribution in [-0.4, -0.2) is 25.8 Å². The molecule has 0 aliphatic carbocycles. The molecule has 170 valence electrons. The van der Waals surface area contributed by atoms with Crippen molar-refractivity contribution < 1.29 is 8.42 Å². The summed E-state index contributed by atoms with van der Waals surface area (Å²) in [5, 5.41) is 0. The van der Waals surface area contributed by atoms with Gasteiger partial charge in [-0.15, -0.1) is 5.73 Å². The van der Waals surface area contributed by atoms with E-state index in [0.29, 0.717) is 0 Å². The minimum Gasteiger partial charge on any atom is -0.207 e. The van der Waals surface area contributed by atoms with Gasteiger partial charge in [0.05, 0.1) is 11.4 Å². The molecule has 0 fully saturated rings. The van der Waals surface area contributed by atoms with Crippen LogP contribution in [0.2, 0.25) is 0 Å². The monoisotopic (exact) mass is 449 g/mol. The maximum absolute atomic E-state index is 13.4. The van der Waals surface area contributed by atoms with Crippen molar-refractivity contribution in [3.63, 3.8) is 0 Å². The number of aryl methyl sites for hydroxylation is 1. The number of nitrogens with zero attached hydrogens (tertiary/aromatic N) is 1. The molecule has 2 aromatic rings. The van der Waals surface area contributed by atoms with E-state index >= 15 is 0 Å². The predicted molar refractivity (Wildman–Crippen MR) is 134 cm³/mol. The SMILES string of the molecule is CC(=C=CC(C)(C)c1ccccc1)CN(CC#CC(C)(C)C)S(=O)(=O)c1ccc(C)cc1. The normalized spacial score (nSPS) is 12.0. The van der Waals surface area contributed by atoms with E-state index in [4.69, 9.17) is 0 Å². The quantitative estimate of drug-likeness (QED) is 0.377. The summed E-state index contributed by atoms with van der Waals surface area (Å²) in [6, 6.07) is 17.2. The van der Waals surface area contributed by atoms with Crippen LogP contribution in [0.15, 0.2) is 76.9 Å². The van der Waals surface area contributed by atoms with E-state index < -0.39 is 10.0 Å². The largest absolute Gasteiger partial charge is 0.244 e. The molecule has 0 radical (unpaired) electrons. The minimum absolute atomic E-state index is 0.134. The van der Waals surface area contributed by atoms with Crippen molar-refractivity contribution in [3.05, 3.63) is 83.1 Å². The first-order valence-corrected chi connectivity index (χ1v) is 12.3. The molecule has 0 unspecified atom stereocenters. The second-order valence-electron chi connectivity index (χ2n) is 9.79. The Morgan fingerprint density at radius 1 is 0.969 bits per heavy atom. The molecule has 0 N–H and O–H groups in total. The lowest BCUT2D eigenvalue weighted by Crippen LogP contribution is -2.33. The Morgan fingerprint density at radius 3 is 2.12 bits per heavy atom. The molecule has 3 nitrogen and oxygen atoms in total. The molecular weight excluding hydrogens is 414 g/mol. The van der Waals surface area contributed by atoms with Crippen LogP contribution in [-0.2, 0) is 15.4 Å². The molecule has 0 spiro atoms. The number of hydrogen-bond acceptors (Lipinski definition) is 2. The second kappa shape index (κ2) is 10.4. The van der Waals surface area contributed by atoms with Crippen LogP contribution in [0.4, 0.5) is 0 Å². The number of hydrogen-bond donors (Lipinski definition) is 0. The molecule has 0 atom stereocenters. The maximum atomic E-state index is 13.4. The Kier molecular flexibility index (Phi) is 8.32.